The van der Waals surface area contributed by atoms with Crippen LogP contribution in [0.5, 0.6) is 0 Å². The van der Waals surface area contributed by atoms with Crippen LogP contribution in [-0.4, -0.2) is 52.4 Å². The first-order chi connectivity index (χ1) is 14.7. The van der Waals surface area contributed by atoms with Gasteiger partial charge in [0.25, 0.3) is 5.91 Å². The molecule has 5 heteroatoms. The molecule has 4 rings (SSSR count). The van der Waals surface area contributed by atoms with Gasteiger partial charge in [-0.1, -0.05) is 30.3 Å². The van der Waals surface area contributed by atoms with Gasteiger partial charge < -0.3 is 14.4 Å². The second-order valence-electron chi connectivity index (χ2n) is 7.65. The van der Waals surface area contributed by atoms with Gasteiger partial charge >= 0.3 is 0 Å². The third-order valence-electron chi connectivity index (χ3n) is 5.62. The zero-order valence-corrected chi connectivity index (χ0v) is 17.1. The number of aryl methyl sites for hydroxylation is 1. The van der Waals surface area contributed by atoms with E-state index in [-0.39, 0.29) is 11.8 Å². The quantitative estimate of drug-likeness (QED) is 0.653. The first kappa shape index (κ1) is 20.0. The molecule has 5 nitrogen and oxygen atoms in total. The highest BCUT2D eigenvalue weighted by molar-refractivity contribution is 5.94. The molecule has 2 aromatic carbocycles. The molecule has 2 heterocycles. The molecule has 2 amide bonds. The topological polar surface area (TPSA) is 45.6 Å². The largest absolute Gasteiger partial charge is 0.341 e. The van der Waals surface area contributed by atoms with Gasteiger partial charge in [-0.05, 0) is 54.8 Å². The number of aromatic nitrogens is 1. The highest BCUT2D eigenvalue weighted by atomic mass is 16.2. The number of nitrogens with zero attached hydrogens (tertiary/aromatic N) is 3. The maximum absolute atomic E-state index is 13.0. The van der Waals surface area contributed by atoms with Crippen molar-refractivity contribution in [1.82, 2.24) is 14.4 Å². The molecule has 0 saturated carbocycles. The van der Waals surface area contributed by atoms with Crippen molar-refractivity contribution in [2.75, 3.05) is 26.2 Å². The molecular weight excluding hydrogens is 374 g/mol. The van der Waals surface area contributed by atoms with Crippen LogP contribution in [0.4, 0.5) is 0 Å². The molecule has 1 aromatic heterocycles. The molecule has 0 N–H and O–H groups in total. The summed E-state index contributed by atoms with van der Waals surface area (Å²) in [7, 11) is 0. The summed E-state index contributed by atoms with van der Waals surface area (Å²) in [6.45, 7) is 2.57. The van der Waals surface area contributed by atoms with Crippen LogP contribution in [0.25, 0.3) is 5.69 Å². The summed E-state index contributed by atoms with van der Waals surface area (Å²) in [5.74, 6) is 0.205. The van der Waals surface area contributed by atoms with E-state index in [1.807, 2.05) is 81.4 Å². The number of amides is 2. The molecule has 3 aromatic rings. The maximum Gasteiger partial charge on any atom is 0.253 e. The van der Waals surface area contributed by atoms with Gasteiger partial charge in [-0.2, -0.15) is 0 Å². The highest BCUT2D eigenvalue weighted by Gasteiger charge is 2.22. The molecular formula is C25H27N3O2. The van der Waals surface area contributed by atoms with Gasteiger partial charge in [-0.25, -0.2) is 0 Å². The Kier molecular flexibility index (Phi) is 6.28. The van der Waals surface area contributed by atoms with Crippen LogP contribution in [0.15, 0.2) is 79.1 Å². The zero-order chi connectivity index (χ0) is 20.8. The Hall–Kier alpha value is -3.34. The lowest BCUT2D eigenvalue weighted by atomic mass is 10.1. The summed E-state index contributed by atoms with van der Waals surface area (Å²) in [4.78, 5) is 29.4. The lowest BCUT2D eigenvalue weighted by molar-refractivity contribution is -0.131. The number of hydrogen-bond donors (Lipinski definition) is 0. The minimum Gasteiger partial charge on any atom is -0.341 e. The zero-order valence-electron chi connectivity index (χ0n) is 17.1. The number of rotatable bonds is 5. The fourth-order valence-corrected chi connectivity index (χ4v) is 3.89. The van der Waals surface area contributed by atoms with Crippen LogP contribution in [0.1, 0.15) is 28.8 Å². The Morgan fingerprint density at radius 3 is 2.13 bits per heavy atom. The first-order valence-corrected chi connectivity index (χ1v) is 10.5. The standard InChI is InChI=1S/C25H27N3O2/c29-24(14-9-21-7-2-1-3-8-21)27-17-6-18-28(20-19-27)25(30)22-10-12-23(13-11-22)26-15-4-5-16-26/h1-5,7-8,10-13,15-16H,6,9,14,17-20H2. The number of hydrogen-bond acceptors (Lipinski definition) is 2. The van der Waals surface area contributed by atoms with E-state index in [4.69, 9.17) is 0 Å². The molecule has 0 atom stereocenters. The van der Waals surface area contributed by atoms with E-state index in [0.29, 0.717) is 38.2 Å². The summed E-state index contributed by atoms with van der Waals surface area (Å²) < 4.78 is 2.01. The lowest BCUT2D eigenvalue weighted by Crippen LogP contribution is -2.37. The third-order valence-corrected chi connectivity index (χ3v) is 5.62. The minimum absolute atomic E-state index is 0.0349. The lowest BCUT2D eigenvalue weighted by Gasteiger charge is -2.22. The number of benzene rings is 2. The van der Waals surface area contributed by atoms with Gasteiger partial charge in [0.05, 0.1) is 0 Å². The monoisotopic (exact) mass is 401 g/mol. The van der Waals surface area contributed by atoms with Gasteiger partial charge in [0, 0.05) is 56.2 Å². The van der Waals surface area contributed by atoms with E-state index in [2.05, 4.69) is 12.1 Å². The van der Waals surface area contributed by atoms with Gasteiger partial charge in [0.2, 0.25) is 5.91 Å². The van der Waals surface area contributed by atoms with Crippen LogP contribution < -0.4 is 0 Å². The molecule has 0 spiro atoms. The van der Waals surface area contributed by atoms with Crippen LogP contribution in [0, 0.1) is 0 Å². The Balaban J connectivity index is 1.32. The van der Waals surface area contributed by atoms with E-state index in [0.717, 1.165) is 18.5 Å². The fraction of sp³-hybridized carbons (Fsp3) is 0.280. The molecule has 1 saturated heterocycles. The molecule has 1 fully saturated rings. The van der Waals surface area contributed by atoms with E-state index in [9.17, 15) is 9.59 Å². The molecule has 1 aliphatic heterocycles. The average molecular weight is 402 g/mol. The Bertz CT molecular complexity index is 965. The van der Waals surface area contributed by atoms with E-state index in [1.165, 1.54) is 5.56 Å². The van der Waals surface area contributed by atoms with Crippen LogP contribution in [-0.2, 0) is 11.2 Å². The molecule has 1 aliphatic rings. The second kappa shape index (κ2) is 9.44. The molecule has 0 radical (unpaired) electrons. The van der Waals surface area contributed by atoms with Crippen molar-refractivity contribution in [2.24, 2.45) is 0 Å². The minimum atomic E-state index is 0.0349. The van der Waals surface area contributed by atoms with Crippen molar-refractivity contribution >= 4 is 11.8 Å². The average Bonchev–Trinajstić information content (AvgIpc) is 3.22. The Morgan fingerprint density at radius 1 is 0.733 bits per heavy atom. The summed E-state index contributed by atoms with van der Waals surface area (Å²) >= 11 is 0. The first-order valence-electron chi connectivity index (χ1n) is 10.5. The normalized spacial score (nSPS) is 14.4. The molecule has 30 heavy (non-hydrogen) atoms. The summed E-state index contributed by atoms with van der Waals surface area (Å²) in [5, 5.41) is 0. The van der Waals surface area contributed by atoms with E-state index < -0.39 is 0 Å². The van der Waals surface area contributed by atoms with Gasteiger partial charge in [-0.15, -0.1) is 0 Å². The Morgan fingerprint density at radius 2 is 1.40 bits per heavy atom. The van der Waals surface area contributed by atoms with Crippen molar-refractivity contribution < 1.29 is 9.59 Å². The van der Waals surface area contributed by atoms with Crippen LogP contribution in [0.2, 0.25) is 0 Å². The predicted molar refractivity (Wildman–Crippen MR) is 118 cm³/mol. The summed E-state index contributed by atoms with van der Waals surface area (Å²) in [6.07, 6.45) is 6.04. The second-order valence-corrected chi connectivity index (χ2v) is 7.65. The molecule has 0 unspecified atom stereocenters. The smallest absolute Gasteiger partial charge is 0.253 e. The van der Waals surface area contributed by atoms with E-state index in [1.54, 1.807) is 0 Å². The predicted octanol–water partition coefficient (Wildman–Crippen LogP) is 3.78. The molecule has 154 valence electrons. The van der Waals surface area contributed by atoms with Crippen molar-refractivity contribution in [3.63, 3.8) is 0 Å². The highest BCUT2D eigenvalue weighted by Crippen LogP contribution is 2.14. The Labute approximate surface area is 177 Å². The van der Waals surface area contributed by atoms with Crippen molar-refractivity contribution in [1.29, 1.82) is 0 Å². The molecule has 0 aliphatic carbocycles. The van der Waals surface area contributed by atoms with Crippen molar-refractivity contribution in [2.45, 2.75) is 19.3 Å². The van der Waals surface area contributed by atoms with Crippen LogP contribution in [0.3, 0.4) is 0 Å². The third kappa shape index (κ3) is 4.79. The number of carbonyl (C=O) groups is 2. The fourth-order valence-electron chi connectivity index (χ4n) is 3.89. The maximum atomic E-state index is 13.0. The van der Waals surface area contributed by atoms with Gasteiger partial charge in [-0.3, -0.25) is 9.59 Å². The van der Waals surface area contributed by atoms with Crippen molar-refractivity contribution in [3.8, 4) is 5.69 Å². The van der Waals surface area contributed by atoms with Crippen molar-refractivity contribution in [3.05, 3.63) is 90.3 Å². The molecule has 0 bridgehead atoms. The summed E-state index contributed by atoms with van der Waals surface area (Å²) in [5.41, 5.74) is 2.90. The number of carbonyl (C=O) groups excluding carboxylic acids is 2. The van der Waals surface area contributed by atoms with Gasteiger partial charge in [0.15, 0.2) is 0 Å². The van der Waals surface area contributed by atoms with Gasteiger partial charge in [0.1, 0.15) is 0 Å². The SMILES string of the molecule is O=C(CCc1ccccc1)N1CCCN(C(=O)c2ccc(-n3cccc3)cc2)CC1. The van der Waals surface area contributed by atoms with Crippen LogP contribution >= 0.6 is 0 Å². The summed E-state index contributed by atoms with van der Waals surface area (Å²) in [6, 6.07) is 21.7. The van der Waals surface area contributed by atoms with E-state index >= 15 is 0 Å².